The van der Waals surface area contributed by atoms with Gasteiger partial charge in [-0.25, -0.2) is 4.98 Å². The van der Waals surface area contributed by atoms with E-state index in [0.717, 1.165) is 37.0 Å². The summed E-state index contributed by atoms with van der Waals surface area (Å²) in [7, 11) is 0. The number of para-hydroxylation sites is 1. The molecule has 1 aromatic carbocycles. The van der Waals surface area contributed by atoms with E-state index in [2.05, 4.69) is 40.7 Å². The molecule has 28 heavy (non-hydrogen) atoms. The SMILES string of the molecule is Cc1cc(N[C@H]2CC[C@@H](NC(=O)c3cccnc3)CC2)nc2ccccc12.Cl. The normalized spacial score (nSPS) is 18.9. The molecule has 146 valence electrons. The zero-order chi connectivity index (χ0) is 18.6. The zero-order valence-electron chi connectivity index (χ0n) is 15.9. The van der Waals surface area contributed by atoms with E-state index in [0.29, 0.717) is 11.6 Å². The standard InChI is InChI=1S/C22H24N4O.ClH/c1-15-13-21(26-20-7-3-2-6-19(15)20)24-17-8-10-18(11-9-17)25-22(27)16-5-4-12-23-14-16;/h2-7,12-14,17-18H,8-11H2,1H3,(H,24,26)(H,25,27);1H/t17-,18+;. The van der Waals surface area contributed by atoms with Crippen LogP contribution in [-0.4, -0.2) is 28.0 Å². The second kappa shape index (κ2) is 9.02. The quantitative estimate of drug-likeness (QED) is 0.680. The van der Waals surface area contributed by atoms with Crippen molar-refractivity contribution in [2.45, 2.75) is 44.7 Å². The maximum atomic E-state index is 12.3. The van der Waals surface area contributed by atoms with E-state index < -0.39 is 0 Å². The number of benzene rings is 1. The first-order valence-corrected chi connectivity index (χ1v) is 9.53. The molecule has 2 N–H and O–H groups in total. The molecule has 1 aliphatic carbocycles. The molecule has 0 unspecified atom stereocenters. The molecule has 0 radical (unpaired) electrons. The molecular weight excluding hydrogens is 372 g/mol. The number of rotatable bonds is 4. The maximum absolute atomic E-state index is 12.3. The Morgan fingerprint density at radius 1 is 1.04 bits per heavy atom. The molecular formula is C22H25ClN4O. The Hall–Kier alpha value is -2.66. The van der Waals surface area contributed by atoms with Gasteiger partial charge in [0, 0.05) is 29.9 Å². The first kappa shape index (κ1) is 20.1. The minimum Gasteiger partial charge on any atom is -0.367 e. The van der Waals surface area contributed by atoms with Gasteiger partial charge in [-0.05, 0) is 62.4 Å². The fraction of sp³-hybridized carbons (Fsp3) is 0.318. The van der Waals surface area contributed by atoms with Crippen LogP contribution in [0.25, 0.3) is 10.9 Å². The molecule has 3 aromatic rings. The van der Waals surface area contributed by atoms with Gasteiger partial charge in [0.05, 0.1) is 11.1 Å². The van der Waals surface area contributed by atoms with Gasteiger partial charge < -0.3 is 10.6 Å². The van der Waals surface area contributed by atoms with Gasteiger partial charge in [0.25, 0.3) is 5.91 Å². The maximum Gasteiger partial charge on any atom is 0.253 e. The van der Waals surface area contributed by atoms with E-state index >= 15 is 0 Å². The van der Waals surface area contributed by atoms with E-state index in [1.807, 2.05) is 12.1 Å². The Kier molecular flexibility index (Phi) is 6.47. The van der Waals surface area contributed by atoms with Crippen molar-refractivity contribution in [3.05, 3.63) is 66.0 Å². The lowest BCUT2D eigenvalue weighted by atomic mass is 9.91. The predicted octanol–water partition coefficient (Wildman–Crippen LogP) is 4.51. The monoisotopic (exact) mass is 396 g/mol. The Bertz CT molecular complexity index is 940. The van der Waals surface area contributed by atoms with E-state index in [1.54, 1.807) is 24.5 Å². The number of anilines is 1. The average molecular weight is 397 g/mol. The van der Waals surface area contributed by atoms with Gasteiger partial charge in [-0.15, -0.1) is 12.4 Å². The van der Waals surface area contributed by atoms with Crippen LogP contribution >= 0.6 is 12.4 Å². The smallest absolute Gasteiger partial charge is 0.253 e. The Labute approximate surface area is 171 Å². The van der Waals surface area contributed by atoms with E-state index in [9.17, 15) is 4.79 Å². The molecule has 0 aliphatic heterocycles. The number of nitrogens with one attached hydrogen (secondary N) is 2. The first-order chi connectivity index (χ1) is 13.2. The number of carbonyl (C=O) groups is 1. The minimum absolute atomic E-state index is 0. The summed E-state index contributed by atoms with van der Waals surface area (Å²) in [6, 6.07) is 14.6. The number of nitrogens with zero attached hydrogens (tertiary/aromatic N) is 2. The number of amides is 1. The largest absolute Gasteiger partial charge is 0.367 e. The summed E-state index contributed by atoms with van der Waals surface area (Å²) < 4.78 is 0. The molecule has 5 nitrogen and oxygen atoms in total. The highest BCUT2D eigenvalue weighted by molar-refractivity contribution is 5.94. The highest BCUT2D eigenvalue weighted by Gasteiger charge is 2.23. The van der Waals surface area contributed by atoms with Crippen LogP contribution in [0.3, 0.4) is 0 Å². The minimum atomic E-state index is -0.0358. The fourth-order valence-corrected chi connectivity index (χ4v) is 3.78. The molecule has 6 heteroatoms. The molecule has 1 saturated carbocycles. The van der Waals surface area contributed by atoms with Gasteiger partial charge in [0.15, 0.2) is 0 Å². The van der Waals surface area contributed by atoms with Crippen molar-refractivity contribution >= 4 is 35.0 Å². The van der Waals surface area contributed by atoms with Gasteiger partial charge in [0.2, 0.25) is 0 Å². The Morgan fingerprint density at radius 3 is 2.54 bits per heavy atom. The molecule has 1 amide bonds. The van der Waals surface area contributed by atoms with Crippen molar-refractivity contribution in [3.8, 4) is 0 Å². The van der Waals surface area contributed by atoms with Crippen molar-refractivity contribution in [2.24, 2.45) is 0 Å². The molecule has 2 heterocycles. The van der Waals surface area contributed by atoms with Crippen LogP contribution in [0.15, 0.2) is 54.9 Å². The van der Waals surface area contributed by atoms with E-state index in [-0.39, 0.29) is 24.4 Å². The van der Waals surface area contributed by atoms with Crippen molar-refractivity contribution in [1.82, 2.24) is 15.3 Å². The summed E-state index contributed by atoms with van der Waals surface area (Å²) in [6.07, 6.45) is 7.26. The predicted molar refractivity (Wildman–Crippen MR) is 115 cm³/mol. The summed E-state index contributed by atoms with van der Waals surface area (Å²) >= 11 is 0. The summed E-state index contributed by atoms with van der Waals surface area (Å²) in [5.74, 6) is 0.903. The lowest BCUT2D eigenvalue weighted by molar-refractivity contribution is 0.0926. The topological polar surface area (TPSA) is 66.9 Å². The molecule has 2 aromatic heterocycles. The van der Waals surface area contributed by atoms with Crippen LogP contribution in [0.1, 0.15) is 41.6 Å². The van der Waals surface area contributed by atoms with E-state index in [4.69, 9.17) is 4.98 Å². The summed E-state index contributed by atoms with van der Waals surface area (Å²) in [4.78, 5) is 21.0. The second-order valence-electron chi connectivity index (χ2n) is 7.25. The number of aromatic nitrogens is 2. The molecule has 0 spiro atoms. The van der Waals surface area contributed by atoms with Crippen LogP contribution in [0.4, 0.5) is 5.82 Å². The van der Waals surface area contributed by atoms with Gasteiger partial charge in [-0.2, -0.15) is 0 Å². The first-order valence-electron chi connectivity index (χ1n) is 9.53. The summed E-state index contributed by atoms with van der Waals surface area (Å²) in [5.41, 5.74) is 2.88. The van der Waals surface area contributed by atoms with Gasteiger partial charge in [-0.3, -0.25) is 9.78 Å². The highest BCUT2D eigenvalue weighted by Crippen LogP contribution is 2.25. The summed E-state index contributed by atoms with van der Waals surface area (Å²) in [6.45, 7) is 2.13. The fourth-order valence-electron chi connectivity index (χ4n) is 3.78. The molecule has 0 bridgehead atoms. The number of hydrogen-bond donors (Lipinski definition) is 2. The number of aryl methyl sites for hydroxylation is 1. The lowest BCUT2D eigenvalue weighted by Gasteiger charge is -2.30. The van der Waals surface area contributed by atoms with Crippen LogP contribution in [-0.2, 0) is 0 Å². The number of halogens is 1. The van der Waals surface area contributed by atoms with Crippen molar-refractivity contribution in [3.63, 3.8) is 0 Å². The van der Waals surface area contributed by atoms with Crippen LogP contribution in [0.2, 0.25) is 0 Å². The third-order valence-electron chi connectivity index (χ3n) is 5.26. The molecule has 1 fully saturated rings. The lowest BCUT2D eigenvalue weighted by Crippen LogP contribution is -2.40. The number of pyridine rings is 2. The van der Waals surface area contributed by atoms with Gasteiger partial charge >= 0.3 is 0 Å². The Morgan fingerprint density at radius 2 is 1.79 bits per heavy atom. The molecule has 4 rings (SSSR count). The van der Waals surface area contributed by atoms with Crippen LogP contribution in [0.5, 0.6) is 0 Å². The highest BCUT2D eigenvalue weighted by atomic mass is 35.5. The number of fused-ring (bicyclic) bond motifs is 1. The van der Waals surface area contributed by atoms with Gasteiger partial charge in [-0.1, -0.05) is 18.2 Å². The zero-order valence-corrected chi connectivity index (χ0v) is 16.7. The van der Waals surface area contributed by atoms with Crippen LogP contribution < -0.4 is 10.6 Å². The third kappa shape index (κ3) is 4.60. The molecule has 0 saturated heterocycles. The van der Waals surface area contributed by atoms with Crippen molar-refractivity contribution in [1.29, 1.82) is 0 Å². The Balaban J connectivity index is 0.00000225. The third-order valence-corrected chi connectivity index (χ3v) is 5.26. The van der Waals surface area contributed by atoms with E-state index in [1.165, 1.54) is 10.9 Å². The molecule has 1 aliphatic rings. The van der Waals surface area contributed by atoms with Gasteiger partial charge in [0.1, 0.15) is 5.82 Å². The number of hydrogen-bond acceptors (Lipinski definition) is 4. The summed E-state index contributed by atoms with van der Waals surface area (Å²) in [5, 5.41) is 7.92. The van der Waals surface area contributed by atoms with Crippen LogP contribution in [0, 0.1) is 6.92 Å². The molecule has 0 atom stereocenters. The van der Waals surface area contributed by atoms with Crippen molar-refractivity contribution < 1.29 is 4.79 Å². The average Bonchev–Trinajstić information content (AvgIpc) is 2.70. The van der Waals surface area contributed by atoms with Crippen molar-refractivity contribution in [2.75, 3.05) is 5.32 Å². The second-order valence-corrected chi connectivity index (χ2v) is 7.25. The number of carbonyl (C=O) groups excluding carboxylic acids is 1.